The number of hydrogen-bond donors (Lipinski definition) is 3. The van der Waals surface area contributed by atoms with Crippen molar-refractivity contribution < 1.29 is 19.2 Å². The molecule has 1 atom stereocenters. The van der Waals surface area contributed by atoms with Crippen LogP contribution in [0.15, 0.2) is 36.4 Å². The summed E-state index contributed by atoms with van der Waals surface area (Å²) in [6.45, 7) is 6.79. The second-order valence-electron chi connectivity index (χ2n) is 6.72. The highest BCUT2D eigenvalue weighted by atomic mass is 35.5. The van der Waals surface area contributed by atoms with E-state index < -0.39 is 0 Å². The number of methoxy groups -OCH3 is 1. The predicted molar refractivity (Wildman–Crippen MR) is 112 cm³/mol. The summed E-state index contributed by atoms with van der Waals surface area (Å²) in [4.78, 5) is 25.6. The number of quaternary nitrogens is 1. The van der Waals surface area contributed by atoms with E-state index in [4.69, 9.17) is 16.3 Å². The molecule has 0 aliphatic rings. The number of likely N-dealkylation sites (N-methyl/N-ethyl adjacent to an activating group) is 1. The van der Waals surface area contributed by atoms with Gasteiger partial charge in [0.2, 0.25) is 0 Å². The van der Waals surface area contributed by atoms with Crippen LogP contribution in [0.4, 0.5) is 11.4 Å². The summed E-state index contributed by atoms with van der Waals surface area (Å²) in [6.07, 6.45) is 0. The summed E-state index contributed by atoms with van der Waals surface area (Å²) in [7, 11) is 1.57. The maximum Gasteiger partial charge on any atom is 0.279 e. The van der Waals surface area contributed by atoms with Crippen molar-refractivity contribution >= 4 is 34.8 Å². The van der Waals surface area contributed by atoms with Crippen molar-refractivity contribution in [1.29, 1.82) is 0 Å². The van der Waals surface area contributed by atoms with Gasteiger partial charge in [0.15, 0.2) is 13.1 Å². The van der Waals surface area contributed by atoms with Crippen molar-refractivity contribution in [3.8, 4) is 5.75 Å². The molecule has 150 valence electrons. The van der Waals surface area contributed by atoms with Gasteiger partial charge in [0.05, 0.1) is 24.4 Å². The van der Waals surface area contributed by atoms with Crippen LogP contribution in [0.2, 0.25) is 5.02 Å². The third-order valence-corrected chi connectivity index (χ3v) is 4.67. The molecule has 6 nitrogen and oxygen atoms in total. The van der Waals surface area contributed by atoms with Gasteiger partial charge in [0.1, 0.15) is 5.75 Å². The molecule has 2 aromatic carbocycles. The number of rotatable bonds is 8. The third kappa shape index (κ3) is 6.25. The number of aryl methyl sites for hydroxylation is 2. The Hall–Kier alpha value is -2.57. The van der Waals surface area contributed by atoms with Crippen LogP contribution in [0, 0.1) is 13.8 Å². The van der Waals surface area contributed by atoms with Crippen molar-refractivity contribution in [3.05, 3.63) is 52.5 Å². The minimum atomic E-state index is -0.181. The van der Waals surface area contributed by atoms with Crippen LogP contribution in [-0.4, -0.2) is 38.6 Å². The Kier molecular flexibility index (Phi) is 7.84. The maximum absolute atomic E-state index is 12.5. The van der Waals surface area contributed by atoms with Gasteiger partial charge >= 0.3 is 0 Å². The summed E-state index contributed by atoms with van der Waals surface area (Å²) in [6, 6.07) is 10.9. The van der Waals surface area contributed by atoms with Crippen LogP contribution in [0.3, 0.4) is 0 Å². The number of nitrogens with one attached hydrogen (secondary N) is 3. The first-order valence-corrected chi connectivity index (χ1v) is 9.54. The van der Waals surface area contributed by atoms with Crippen LogP contribution in [0.5, 0.6) is 5.75 Å². The first kappa shape index (κ1) is 21.7. The third-order valence-electron chi connectivity index (χ3n) is 4.37. The monoisotopic (exact) mass is 404 g/mol. The van der Waals surface area contributed by atoms with Gasteiger partial charge in [-0.05, 0) is 50.1 Å². The van der Waals surface area contributed by atoms with E-state index in [1.807, 2.05) is 39.0 Å². The molecule has 2 rings (SSSR count). The Balaban J connectivity index is 1.94. The summed E-state index contributed by atoms with van der Waals surface area (Å²) in [5.41, 5.74) is 3.22. The van der Waals surface area contributed by atoms with E-state index in [1.54, 1.807) is 25.3 Å². The molecule has 0 spiro atoms. The smallest absolute Gasteiger partial charge is 0.279 e. The first-order chi connectivity index (χ1) is 13.3. The molecule has 0 aromatic heterocycles. The Morgan fingerprint density at radius 1 is 1.07 bits per heavy atom. The minimum absolute atomic E-state index is 0.164. The van der Waals surface area contributed by atoms with Crippen molar-refractivity contribution in [1.82, 2.24) is 0 Å². The molecule has 1 unspecified atom stereocenters. The molecule has 2 aromatic rings. The van der Waals surface area contributed by atoms with E-state index in [0.29, 0.717) is 28.7 Å². The molecule has 0 bridgehead atoms. The molecule has 2 amide bonds. The lowest BCUT2D eigenvalue weighted by molar-refractivity contribution is -0.881. The van der Waals surface area contributed by atoms with Gasteiger partial charge in [-0.2, -0.15) is 0 Å². The molecule has 0 saturated heterocycles. The largest absolute Gasteiger partial charge is 0.497 e. The Labute approximate surface area is 170 Å². The Bertz CT molecular complexity index is 832. The SMILES string of the molecule is CC[NH+](CC(=O)Nc1cccc(OC)c1)CC(=O)Nc1c(C)cc(C)cc1Cl. The van der Waals surface area contributed by atoms with Crippen LogP contribution in [0.1, 0.15) is 18.1 Å². The normalized spacial score (nSPS) is 11.6. The fraction of sp³-hybridized carbons (Fsp3) is 0.333. The summed E-state index contributed by atoms with van der Waals surface area (Å²) < 4.78 is 5.15. The van der Waals surface area contributed by atoms with E-state index >= 15 is 0 Å². The molecule has 7 heteroatoms. The van der Waals surface area contributed by atoms with E-state index in [0.717, 1.165) is 16.0 Å². The molecule has 28 heavy (non-hydrogen) atoms. The zero-order chi connectivity index (χ0) is 20.7. The average molecular weight is 405 g/mol. The van der Waals surface area contributed by atoms with Gasteiger partial charge in [0.25, 0.3) is 11.8 Å². The standard InChI is InChI=1S/C21H26ClN3O3/c1-5-25(12-19(26)23-16-7-6-8-17(11-16)28-4)13-20(27)24-21-15(3)9-14(2)10-18(21)22/h6-11H,5,12-13H2,1-4H3,(H,23,26)(H,24,27)/p+1. The predicted octanol–water partition coefficient (Wildman–Crippen LogP) is 2.45. The molecular formula is C21H27ClN3O3+. The van der Waals surface area contributed by atoms with Gasteiger partial charge < -0.3 is 20.3 Å². The quantitative estimate of drug-likeness (QED) is 0.632. The number of anilines is 2. The lowest BCUT2D eigenvalue weighted by Gasteiger charge is -2.18. The molecule has 0 heterocycles. The van der Waals surface area contributed by atoms with Gasteiger partial charge in [0, 0.05) is 11.8 Å². The van der Waals surface area contributed by atoms with E-state index in [1.165, 1.54) is 0 Å². The van der Waals surface area contributed by atoms with Gasteiger partial charge in [-0.3, -0.25) is 9.59 Å². The summed E-state index contributed by atoms with van der Waals surface area (Å²) in [5, 5.41) is 6.22. The maximum atomic E-state index is 12.5. The lowest BCUT2D eigenvalue weighted by Crippen LogP contribution is -3.13. The Morgan fingerprint density at radius 3 is 2.36 bits per heavy atom. The van der Waals surface area contributed by atoms with E-state index in [-0.39, 0.29) is 24.9 Å². The number of benzene rings is 2. The van der Waals surface area contributed by atoms with Gasteiger partial charge in [-0.15, -0.1) is 0 Å². The molecule has 0 fully saturated rings. The molecule has 3 N–H and O–H groups in total. The highest BCUT2D eigenvalue weighted by Gasteiger charge is 2.18. The highest BCUT2D eigenvalue weighted by molar-refractivity contribution is 6.34. The van der Waals surface area contributed by atoms with Crippen molar-refractivity contribution in [2.75, 3.05) is 37.4 Å². The van der Waals surface area contributed by atoms with Gasteiger partial charge in [-0.25, -0.2) is 0 Å². The second kappa shape index (κ2) is 10.1. The minimum Gasteiger partial charge on any atom is -0.497 e. The number of hydrogen-bond acceptors (Lipinski definition) is 3. The molecule has 0 saturated carbocycles. The van der Waals surface area contributed by atoms with Gasteiger partial charge in [-0.1, -0.05) is 23.7 Å². The molecular weight excluding hydrogens is 378 g/mol. The van der Waals surface area contributed by atoms with E-state index in [9.17, 15) is 9.59 Å². The van der Waals surface area contributed by atoms with Crippen LogP contribution in [0.25, 0.3) is 0 Å². The zero-order valence-corrected chi connectivity index (χ0v) is 17.4. The molecule has 0 radical (unpaired) electrons. The van der Waals surface area contributed by atoms with Crippen LogP contribution < -0.4 is 20.3 Å². The number of carbonyl (C=O) groups excluding carboxylic acids is 2. The highest BCUT2D eigenvalue weighted by Crippen LogP contribution is 2.27. The van der Waals surface area contributed by atoms with Crippen molar-refractivity contribution in [2.24, 2.45) is 0 Å². The van der Waals surface area contributed by atoms with Crippen molar-refractivity contribution in [3.63, 3.8) is 0 Å². The molecule has 0 aliphatic heterocycles. The fourth-order valence-electron chi connectivity index (χ4n) is 2.93. The van der Waals surface area contributed by atoms with E-state index in [2.05, 4.69) is 10.6 Å². The summed E-state index contributed by atoms with van der Waals surface area (Å²) >= 11 is 6.25. The second-order valence-corrected chi connectivity index (χ2v) is 7.13. The lowest BCUT2D eigenvalue weighted by atomic mass is 10.1. The molecule has 0 aliphatic carbocycles. The first-order valence-electron chi connectivity index (χ1n) is 9.16. The average Bonchev–Trinajstić information content (AvgIpc) is 2.64. The van der Waals surface area contributed by atoms with Crippen LogP contribution >= 0.6 is 11.6 Å². The van der Waals surface area contributed by atoms with Crippen LogP contribution in [-0.2, 0) is 9.59 Å². The zero-order valence-electron chi connectivity index (χ0n) is 16.7. The number of carbonyl (C=O) groups is 2. The number of amides is 2. The number of halogens is 1. The number of ether oxygens (including phenoxy) is 1. The topological polar surface area (TPSA) is 71.9 Å². The summed E-state index contributed by atoms with van der Waals surface area (Å²) in [5.74, 6) is 0.324. The Morgan fingerprint density at radius 2 is 1.75 bits per heavy atom. The van der Waals surface area contributed by atoms with Crippen molar-refractivity contribution in [2.45, 2.75) is 20.8 Å². The fourth-order valence-corrected chi connectivity index (χ4v) is 3.30.